The summed E-state index contributed by atoms with van der Waals surface area (Å²) in [7, 11) is 1.55. The van der Waals surface area contributed by atoms with Crippen molar-refractivity contribution in [3.63, 3.8) is 0 Å². The fourth-order valence-electron chi connectivity index (χ4n) is 3.25. The van der Waals surface area contributed by atoms with E-state index < -0.39 is 17.7 Å². The van der Waals surface area contributed by atoms with E-state index in [1.54, 1.807) is 55.6 Å². The van der Waals surface area contributed by atoms with Gasteiger partial charge in [0.05, 0.1) is 18.7 Å². The Kier molecular flexibility index (Phi) is 5.51. The van der Waals surface area contributed by atoms with Gasteiger partial charge < -0.3 is 14.7 Å². The molecule has 1 atom stereocenters. The molecule has 0 aliphatic carbocycles. The molecule has 1 heterocycles. The number of aliphatic hydroxyl groups excluding tert-OH is 1. The largest absolute Gasteiger partial charge is 0.507 e. The van der Waals surface area contributed by atoms with Gasteiger partial charge in [0.2, 0.25) is 0 Å². The Morgan fingerprint density at radius 1 is 1.11 bits per heavy atom. The van der Waals surface area contributed by atoms with Crippen LogP contribution in [0, 0.1) is 0 Å². The Labute approximate surface area is 162 Å². The van der Waals surface area contributed by atoms with Crippen LogP contribution >= 0.6 is 11.6 Å². The quantitative estimate of drug-likeness (QED) is 0.476. The van der Waals surface area contributed by atoms with Gasteiger partial charge >= 0.3 is 0 Å². The van der Waals surface area contributed by atoms with Crippen LogP contribution in [0.4, 0.5) is 0 Å². The Bertz CT molecular complexity index is 887. The number of halogens is 1. The molecule has 1 unspecified atom stereocenters. The third-order valence-corrected chi connectivity index (χ3v) is 4.81. The van der Waals surface area contributed by atoms with Crippen molar-refractivity contribution in [1.82, 2.24) is 4.90 Å². The summed E-state index contributed by atoms with van der Waals surface area (Å²) in [6.45, 7) is 2.35. The fourth-order valence-corrected chi connectivity index (χ4v) is 3.37. The summed E-state index contributed by atoms with van der Waals surface area (Å²) in [4.78, 5) is 26.8. The van der Waals surface area contributed by atoms with E-state index in [2.05, 4.69) is 0 Å². The molecule has 0 saturated carbocycles. The van der Waals surface area contributed by atoms with Crippen molar-refractivity contribution in [1.29, 1.82) is 0 Å². The lowest BCUT2D eigenvalue weighted by atomic mass is 9.95. The summed E-state index contributed by atoms with van der Waals surface area (Å²) in [6, 6.07) is 13.0. The maximum Gasteiger partial charge on any atom is 0.295 e. The highest BCUT2D eigenvalue weighted by Gasteiger charge is 2.45. The van der Waals surface area contributed by atoms with Gasteiger partial charge in [-0.15, -0.1) is 0 Å². The van der Waals surface area contributed by atoms with Gasteiger partial charge in [0.25, 0.3) is 11.7 Å². The minimum absolute atomic E-state index is 0.0842. The summed E-state index contributed by atoms with van der Waals surface area (Å²) in [5, 5.41) is 11.4. The zero-order chi connectivity index (χ0) is 19.6. The Morgan fingerprint density at radius 2 is 1.74 bits per heavy atom. The molecule has 0 bridgehead atoms. The number of ether oxygens (including phenoxy) is 1. The molecule has 1 aliphatic heterocycles. The molecule has 27 heavy (non-hydrogen) atoms. The number of hydrogen-bond donors (Lipinski definition) is 1. The number of carbonyl (C=O) groups is 2. The van der Waals surface area contributed by atoms with Crippen molar-refractivity contribution < 1.29 is 19.4 Å². The summed E-state index contributed by atoms with van der Waals surface area (Å²) >= 11 is 5.98. The highest BCUT2D eigenvalue weighted by Crippen LogP contribution is 2.39. The van der Waals surface area contributed by atoms with Gasteiger partial charge in [-0.1, -0.05) is 30.7 Å². The number of nitrogens with zero attached hydrogens (tertiary/aromatic N) is 1. The van der Waals surface area contributed by atoms with Crippen molar-refractivity contribution in [2.75, 3.05) is 13.7 Å². The topological polar surface area (TPSA) is 66.8 Å². The first-order valence-electron chi connectivity index (χ1n) is 8.66. The van der Waals surface area contributed by atoms with Gasteiger partial charge in [0.15, 0.2) is 0 Å². The first-order valence-corrected chi connectivity index (χ1v) is 9.04. The van der Waals surface area contributed by atoms with E-state index in [9.17, 15) is 14.7 Å². The molecule has 3 rings (SSSR count). The molecule has 1 aliphatic rings. The number of likely N-dealkylation sites (tertiary alicyclic amines) is 1. The van der Waals surface area contributed by atoms with Crippen LogP contribution in [0.5, 0.6) is 5.75 Å². The third-order valence-electron chi connectivity index (χ3n) is 4.55. The Hall–Kier alpha value is -2.79. The van der Waals surface area contributed by atoms with E-state index in [-0.39, 0.29) is 11.3 Å². The van der Waals surface area contributed by atoms with Gasteiger partial charge in [-0.25, -0.2) is 0 Å². The van der Waals surface area contributed by atoms with Gasteiger partial charge in [0.1, 0.15) is 11.5 Å². The predicted molar refractivity (Wildman–Crippen MR) is 104 cm³/mol. The number of Topliss-reactive ketones (excluding diaryl/α,β-unsaturated/α-hetero) is 1. The van der Waals surface area contributed by atoms with Gasteiger partial charge in [-0.05, 0) is 48.4 Å². The number of rotatable bonds is 5. The van der Waals surface area contributed by atoms with Crippen LogP contribution < -0.4 is 4.74 Å². The molecular formula is C21H20ClNO4. The number of amides is 1. The first-order chi connectivity index (χ1) is 13.0. The van der Waals surface area contributed by atoms with Crippen molar-refractivity contribution >= 4 is 29.1 Å². The second-order valence-electron chi connectivity index (χ2n) is 6.27. The molecule has 2 aromatic carbocycles. The number of carbonyl (C=O) groups excluding carboxylic acids is 2. The summed E-state index contributed by atoms with van der Waals surface area (Å²) in [6.07, 6.45) is 0.694. The zero-order valence-electron chi connectivity index (χ0n) is 15.1. The summed E-state index contributed by atoms with van der Waals surface area (Å²) in [5.41, 5.74) is 1.26. The van der Waals surface area contributed by atoms with E-state index >= 15 is 0 Å². The van der Waals surface area contributed by atoms with Crippen LogP contribution in [0.3, 0.4) is 0 Å². The third kappa shape index (κ3) is 3.55. The number of benzene rings is 2. The van der Waals surface area contributed by atoms with Crippen LogP contribution in [0.15, 0.2) is 54.1 Å². The SMILES string of the molecule is CCCN1C(=O)C(=O)/C(=C(\O)c2ccc(OC)cc2)C1c1ccc(Cl)cc1. The lowest BCUT2D eigenvalue weighted by Crippen LogP contribution is -2.30. The monoisotopic (exact) mass is 385 g/mol. The van der Waals surface area contributed by atoms with Gasteiger partial charge in [0, 0.05) is 17.1 Å². The maximum atomic E-state index is 12.7. The van der Waals surface area contributed by atoms with Crippen LogP contribution in [0.2, 0.25) is 5.02 Å². The molecular weight excluding hydrogens is 366 g/mol. The zero-order valence-corrected chi connectivity index (χ0v) is 15.9. The maximum absolute atomic E-state index is 12.7. The van der Waals surface area contributed by atoms with Crippen LogP contribution in [-0.4, -0.2) is 35.4 Å². The van der Waals surface area contributed by atoms with Crippen LogP contribution in [0.25, 0.3) is 5.76 Å². The van der Waals surface area contributed by atoms with Crippen molar-refractivity contribution in [3.8, 4) is 5.75 Å². The normalized spacial score (nSPS) is 18.8. The first kappa shape index (κ1) is 19.0. The minimum Gasteiger partial charge on any atom is -0.507 e. The fraction of sp³-hybridized carbons (Fsp3) is 0.238. The Morgan fingerprint density at radius 3 is 2.30 bits per heavy atom. The van der Waals surface area contributed by atoms with E-state index in [4.69, 9.17) is 16.3 Å². The highest BCUT2D eigenvalue weighted by molar-refractivity contribution is 6.46. The standard InChI is InChI=1S/C21H20ClNO4/c1-3-12-23-18(13-4-8-15(22)9-5-13)17(20(25)21(23)26)19(24)14-6-10-16(27-2)11-7-14/h4-11,18,24H,3,12H2,1-2H3/b19-17-. The number of aliphatic hydroxyl groups is 1. The molecule has 0 spiro atoms. The highest BCUT2D eigenvalue weighted by atomic mass is 35.5. The molecule has 2 aromatic rings. The second-order valence-corrected chi connectivity index (χ2v) is 6.71. The predicted octanol–water partition coefficient (Wildman–Crippen LogP) is 4.18. The molecule has 1 amide bonds. The van der Waals surface area contributed by atoms with Gasteiger partial charge in [-0.3, -0.25) is 9.59 Å². The smallest absolute Gasteiger partial charge is 0.295 e. The molecule has 6 heteroatoms. The average Bonchev–Trinajstić information content (AvgIpc) is 2.93. The van der Waals surface area contributed by atoms with E-state index in [0.717, 1.165) is 5.56 Å². The molecule has 1 saturated heterocycles. The number of hydrogen-bond acceptors (Lipinski definition) is 4. The summed E-state index contributed by atoms with van der Waals surface area (Å²) in [5.74, 6) is -0.856. The lowest BCUT2D eigenvalue weighted by molar-refractivity contribution is -0.139. The molecule has 140 valence electrons. The van der Waals surface area contributed by atoms with E-state index in [1.165, 1.54) is 4.90 Å². The minimum atomic E-state index is -0.684. The molecule has 5 nitrogen and oxygen atoms in total. The molecule has 1 fully saturated rings. The lowest BCUT2D eigenvalue weighted by Gasteiger charge is -2.24. The molecule has 1 N–H and O–H groups in total. The number of methoxy groups -OCH3 is 1. The molecule has 0 aromatic heterocycles. The van der Waals surface area contributed by atoms with E-state index in [0.29, 0.717) is 29.3 Å². The van der Waals surface area contributed by atoms with Gasteiger partial charge in [-0.2, -0.15) is 0 Å². The van der Waals surface area contributed by atoms with Crippen molar-refractivity contribution in [2.45, 2.75) is 19.4 Å². The average molecular weight is 386 g/mol. The van der Waals surface area contributed by atoms with Crippen molar-refractivity contribution in [3.05, 3.63) is 70.3 Å². The van der Waals surface area contributed by atoms with E-state index in [1.807, 2.05) is 6.92 Å². The second kappa shape index (κ2) is 7.84. The molecule has 0 radical (unpaired) electrons. The number of ketones is 1. The van der Waals surface area contributed by atoms with Crippen molar-refractivity contribution in [2.24, 2.45) is 0 Å². The summed E-state index contributed by atoms with van der Waals surface area (Å²) < 4.78 is 5.12. The van der Waals surface area contributed by atoms with Crippen LogP contribution in [-0.2, 0) is 9.59 Å². The Balaban J connectivity index is 2.14. The van der Waals surface area contributed by atoms with Crippen LogP contribution in [0.1, 0.15) is 30.5 Å².